The minimum Gasteiger partial charge on any atom is -0.467 e. The maximum absolute atomic E-state index is 13.8. The minimum atomic E-state index is -3.61. The lowest BCUT2D eigenvalue weighted by Crippen LogP contribution is -2.41. The van der Waals surface area contributed by atoms with Crippen molar-refractivity contribution in [2.75, 3.05) is 13.1 Å². The van der Waals surface area contributed by atoms with Crippen molar-refractivity contribution in [2.45, 2.75) is 30.8 Å². The van der Waals surface area contributed by atoms with Gasteiger partial charge in [-0.1, -0.05) is 35.1 Å². The van der Waals surface area contributed by atoms with Crippen LogP contribution in [-0.4, -0.2) is 36.9 Å². The molecule has 2 aromatic carbocycles. The molecule has 0 atom stereocenters. The number of fused-ring (bicyclic) bond motifs is 1. The monoisotopic (exact) mass is 440 g/mol. The third-order valence-corrected chi connectivity index (χ3v) is 8.22. The highest BCUT2D eigenvalue weighted by atomic mass is 35.5. The summed E-state index contributed by atoms with van der Waals surface area (Å²) in [6.07, 6.45) is 0.921. The SMILES string of the molecule is Cc1c(Cl)cccc1S(=O)(=O)N1CCC(Oc2nc3c(F)cccc3s2)CC1. The highest BCUT2D eigenvalue weighted by molar-refractivity contribution is 7.89. The maximum atomic E-state index is 13.8. The summed E-state index contributed by atoms with van der Waals surface area (Å²) in [5, 5.41) is 0.842. The number of benzene rings is 2. The molecule has 5 nitrogen and oxygen atoms in total. The van der Waals surface area contributed by atoms with Crippen LogP contribution in [0.3, 0.4) is 0 Å². The minimum absolute atomic E-state index is 0.157. The zero-order valence-electron chi connectivity index (χ0n) is 15.1. The molecule has 28 heavy (non-hydrogen) atoms. The van der Waals surface area contributed by atoms with Gasteiger partial charge in [-0.05, 0) is 49.6 Å². The molecule has 0 radical (unpaired) electrons. The lowest BCUT2D eigenvalue weighted by molar-refractivity contribution is 0.135. The summed E-state index contributed by atoms with van der Waals surface area (Å²) in [4.78, 5) is 4.45. The Morgan fingerprint density at radius 1 is 1.21 bits per heavy atom. The number of ether oxygens (including phenoxy) is 1. The van der Waals surface area contributed by atoms with Gasteiger partial charge in [0.25, 0.3) is 5.19 Å². The van der Waals surface area contributed by atoms with Gasteiger partial charge in [-0.3, -0.25) is 0 Å². The number of piperidine rings is 1. The molecular formula is C19H18ClFN2O3S2. The van der Waals surface area contributed by atoms with Crippen molar-refractivity contribution in [1.82, 2.24) is 9.29 Å². The van der Waals surface area contributed by atoms with Gasteiger partial charge in [-0.2, -0.15) is 9.29 Å². The molecule has 1 fully saturated rings. The van der Waals surface area contributed by atoms with Crippen LogP contribution in [0.15, 0.2) is 41.3 Å². The van der Waals surface area contributed by atoms with Crippen molar-refractivity contribution >= 4 is 43.2 Å². The summed E-state index contributed by atoms with van der Waals surface area (Å²) in [5.74, 6) is -0.374. The third-order valence-electron chi connectivity index (χ3n) is 4.85. The van der Waals surface area contributed by atoms with Crippen LogP contribution in [0.2, 0.25) is 5.02 Å². The predicted molar refractivity (Wildman–Crippen MR) is 108 cm³/mol. The van der Waals surface area contributed by atoms with Gasteiger partial charge in [0, 0.05) is 18.1 Å². The number of hydrogen-bond acceptors (Lipinski definition) is 5. The quantitative estimate of drug-likeness (QED) is 0.593. The smallest absolute Gasteiger partial charge is 0.274 e. The van der Waals surface area contributed by atoms with Crippen molar-refractivity contribution in [3.05, 3.63) is 52.8 Å². The number of nitrogens with zero attached hydrogens (tertiary/aromatic N) is 2. The average molecular weight is 441 g/mol. The highest BCUT2D eigenvalue weighted by Crippen LogP contribution is 2.32. The molecule has 4 rings (SSSR count). The Kier molecular flexibility index (Phi) is 5.30. The Morgan fingerprint density at radius 3 is 2.64 bits per heavy atom. The van der Waals surface area contributed by atoms with E-state index in [0.717, 1.165) is 4.70 Å². The fourth-order valence-electron chi connectivity index (χ4n) is 3.28. The Labute approximate surface area is 171 Å². The van der Waals surface area contributed by atoms with Gasteiger partial charge in [-0.25, -0.2) is 12.8 Å². The van der Waals surface area contributed by atoms with Crippen molar-refractivity contribution in [1.29, 1.82) is 0 Å². The Morgan fingerprint density at radius 2 is 1.93 bits per heavy atom. The highest BCUT2D eigenvalue weighted by Gasteiger charge is 2.31. The van der Waals surface area contributed by atoms with E-state index in [9.17, 15) is 12.8 Å². The van der Waals surface area contributed by atoms with Crippen LogP contribution in [0.4, 0.5) is 4.39 Å². The lowest BCUT2D eigenvalue weighted by atomic mass is 10.1. The van der Waals surface area contributed by atoms with Gasteiger partial charge in [0.1, 0.15) is 17.4 Å². The Balaban J connectivity index is 1.45. The van der Waals surface area contributed by atoms with Crippen LogP contribution in [0.5, 0.6) is 5.19 Å². The van der Waals surface area contributed by atoms with E-state index in [0.29, 0.717) is 47.2 Å². The van der Waals surface area contributed by atoms with Crippen molar-refractivity contribution in [2.24, 2.45) is 0 Å². The van der Waals surface area contributed by atoms with E-state index in [1.807, 2.05) is 0 Å². The van der Waals surface area contributed by atoms with Crippen LogP contribution in [0.25, 0.3) is 10.2 Å². The zero-order chi connectivity index (χ0) is 19.9. The van der Waals surface area contributed by atoms with Crippen LogP contribution in [-0.2, 0) is 10.0 Å². The summed E-state index contributed by atoms with van der Waals surface area (Å²) in [6.45, 7) is 2.40. The summed E-state index contributed by atoms with van der Waals surface area (Å²) >= 11 is 7.37. The number of rotatable bonds is 4. The number of sulfonamides is 1. The van der Waals surface area contributed by atoms with Crippen molar-refractivity contribution < 1.29 is 17.5 Å². The topological polar surface area (TPSA) is 59.5 Å². The standard InChI is InChI=1S/C19H18ClFN2O3S2/c1-12-14(20)4-2-7-17(12)28(24,25)23-10-8-13(9-11-23)26-19-22-18-15(21)5-3-6-16(18)27-19/h2-7,13H,8-11H2,1H3. The van der Waals surface area contributed by atoms with Gasteiger partial charge in [0.05, 0.1) is 9.60 Å². The Bertz CT molecular complexity index is 1130. The summed E-state index contributed by atoms with van der Waals surface area (Å²) in [6, 6.07) is 9.70. The van der Waals surface area contributed by atoms with Crippen LogP contribution >= 0.6 is 22.9 Å². The number of para-hydroxylation sites is 1. The fourth-order valence-corrected chi connectivity index (χ4v) is 6.13. The molecule has 9 heteroatoms. The molecule has 0 spiro atoms. The normalized spacial score (nSPS) is 16.5. The summed E-state index contributed by atoms with van der Waals surface area (Å²) in [5.41, 5.74) is 0.859. The second-order valence-electron chi connectivity index (χ2n) is 6.65. The second-order valence-corrected chi connectivity index (χ2v) is 9.96. The molecule has 2 heterocycles. The van der Waals surface area contributed by atoms with Crippen LogP contribution < -0.4 is 4.74 Å². The molecule has 0 bridgehead atoms. The summed E-state index contributed by atoms with van der Waals surface area (Å²) < 4.78 is 47.8. The molecule has 0 aliphatic carbocycles. The molecule has 148 valence electrons. The number of halogens is 2. The van der Waals surface area contributed by atoms with E-state index in [2.05, 4.69) is 4.98 Å². The number of hydrogen-bond donors (Lipinski definition) is 0. The lowest BCUT2D eigenvalue weighted by Gasteiger charge is -2.31. The Hall–Kier alpha value is -1.74. The predicted octanol–water partition coefficient (Wildman–Crippen LogP) is 4.63. The molecule has 0 N–H and O–H groups in total. The molecule has 1 saturated heterocycles. The van der Waals surface area contributed by atoms with E-state index in [4.69, 9.17) is 16.3 Å². The second kappa shape index (κ2) is 7.59. The molecule has 0 amide bonds. The van der Waals surface area contributed by atoms with Gasteiger partial charge < -0.3 is 4.74 Å². The van der Waals surface area contributed by atoms with E-state index < -0.39 is 10.0 Å². The first-order chi connectivity index (χ1) is 13.4. The molecule has 0 unspecified atom stereocenters. The molecule has 1 aromatic heterocycles. The van der Waals surface area contributed by atoms with Gasteiger partial charge in [-0.15, -0.1) is 0 Å². The number of aromatic nitrogens is 1. The molecular weight excluding hydrogens is 423 g/mol. The van der Waals surface area contributed by atoms with Crippen LogP contribution in [0, 0.1) is 12.7 Å². The fraction of sp³-hybridized carbons (Fsp3) is 0.316. The first kappa shape index (κ1) is 19.6. The van der Waals surface area contributed by atoms with E-state index >= 15 is 0 Å². The van der Waals surface area contributed by atoms with Gasteiger partial charge in [0.15, 0.2) is 0 Å². The van der Waals surface area contributed by atoms with Gasteiger partial charge in [0.2, 0.25) is 10.0 Å². The summed E-state index contributed by atoms with van der Waals surface area (Å²) in [7, 11) is -3.61. The molecule has 0 saturated carbocycles. The molecule has 1 aliphatic rings. The number of thiazole rings is 1. The van der Waals surface area contributed by atoms with Crippen molar-refractivity contribution in [3.63, 3.8) is 0 Å². The van der Waals surface area contributed by atoms with Crippen LogP contribution in [0.1, 0.15) is 18.4 Å². The van der Waals surface area contributed by atoms with Crippen molar-refractivity contribution in [3.8, 4) is 5.19 Å². The molecule has 1 aliphatic heterocycles. The van der Waals surface area contributed by atoms with Gasteiger partial charge >= 0.3 is 0 Å². The first-order valence-electron chi connectivity index (χ1n) is 8.83. The largest absolute Gasteiger partial charge is 0.467 e. The first-order valence-corrected chi connectivity index (χ1v) is 11.5. The third kappa shape index (κ3) is 3.61. The van der Waals surface area contributed by atoms with E-state index in [-0.39, 0.29) is 16.8 Å². The van der Waals surface area contributed by atoms with E-state index in [1.54, 1.807) is 37.3 Å². The average Bonchev–Trinajstić information content (AvgIpc) is 3.08. The maximum Gasteiger partial charge on any atom is 0.274 e. The van der Waals surface area contributed by atoms with E-state index in [1.165, 1.54) is 21.7 Å². The zero-order valence-corrected chi connectivity index (χ0v) is 17.5. The molecule has 3 aromatic rings.